The average Bonchev–Trinajstić information content (AvgIpc) is 2.94. The molecule has 29 heavy (non-hydrogen) atoms. The Labute approximate surface area is 174 Å². The second kappa shape index (κ2) is 7.24. The van der Waals surface area contributed by atoms with Crippen LogP contribution in [0.3, 0.4) is 0 Å². The van der Waals surface area contributed by atoms with Gasteiger partial charge in [0.1, 0.15) is 5.58 Å². The van der Waals surface area contributed by atoms with Gasteiger partial charge < -0.3 is 20.0 Å². The summed E-state index contributed by atoms with van der Waals surface area (Å²) in [5, 5.41) is 7.32. The minimum Gasteiger partial charge on any atom is -0.450 e. The van der Waals surface area contributed by atoms with E-state index in [1.807, 2.05) is 11.0 Å². The molecule has 1 aromatic heterocycles. The van der Waals surface area contributed by atoms with Gasteiger partial charge in [-0.25, -0.2) is 4.79 Å². The SMILES string of the molecule is O=C1Nc2c(Cl)cc3cc(C(=O)N4CCCCCC4)oc3c2C2(CCCCC2)N1. The van der Waals surface area contributed by atoms with Gasteiger partial charge in [-0.05, 0) is 37.8 Å². The van der Waals surface area contributed by atoms with Crippen molar-refractivity contribution in [3.05, 3.63) is 28.5 Å². The van der Waals surface area contributed by atoms with Crippen LogP contribution in [0.2, 0.25) is 5.02 Å². The third-order valence-corrected chi connectivity index (χ3v) is 6.94. The summed E-state index contributed by atoms with van der Waals surface area (Å²) in [6.07, 6.45) is 9.32. The van der Waals surface area contributed by atoms with E-state index in [9.17, 15) is 9.59 Å². The van der Waals surface area contributed by atoms with Crippen LogP contribution < -0.4 is 10.6 Å². The fourth-order valence-electron chi connectivity index (χ4n) is 5.22. The van der Waals surface area contributed by atoms with Gasteiger partial charge in [0, 0.05) is 24.0 Å². The molecule has 0 radical (unpaired) electrons. The second-order valence-corrected chi connectivity index (χ2v) is 8.97. The van der Waals surface area contributed by atoms with Gasteiger partial charge in [0.05, 0.1) is 16.2 Å². The molecule has 2 N–H and O–H groups in total. The van der Waals surface area contributed by atoms with Crippen LogP contribution in [0.25, 0.3) is 11.0 Å². The zero-order chi connectivity index (χ0) is 20.0. The molecule has 7 heteroatoms. The molecule has 3 aliphatic rings. The van der Waals surface area contributed by atoms with Crippen LogP contribution in [0.5, 0.6) is 0 Å². The number of nitrogens with zero attached hydrogens (tertiary/aromatic N) is 1. The molecule has 1 spiro atoms. The monoisotopic (exact) mass is 415 g/mol. The van der Waals surface area contributed by atoms with Crippen molar-refractivity contribution in [2.75, 3.05) is 18.4 Å². The zero-order valence-corrected chi connectivity index (χ0v) is 17.2. The Balaban J connectivity index is 1.62. The molecule has 3 amide bonds. The smallest absolute Gasteiger partial charge is 0.319 e. The fourth-order valence-corrected chi connectivity index (χ4v) is 5.48. The highest BCUT2D eigenvalue weighted by molar-refractivity contribution is 6.35. The Bertz CT molecular complexity index is 969. The number of nitrogens with one attached hydrogen (secondary N) is 2. The number of amides is 3. The standard InChI is InChI=1S/C22H26ClN3O3/c23-15-12-14-13-16(20(27)26-10-6-1-2-7-11-26)29-19(14)17-18(15)24-21(28)25-22(17)8-4-3-5-9-22/h12-13H,1-11H2,(H2,24,25,28). The van der Waals surface area contributed by atoms with Crippen molar-refractivity contribution in [3.63, 3.8) is 0 Å². The molecule has 3 heterocycles. The highest BCUT2D eigenvalue weighted by Crippen LogP contribution is 2.49. The van der Waals surface area contributed by atoms with Crippen LogP contribution in [0.15, 0.2) is 16.5 Å². The second-order valence-electron chi connectivity index (χ2n) is 8.57. The molecule has 1 aromatic carbocycles. The lowest BCUT2D eigenvalue weighted by Gasteiger charge is -2.42. The Kier molecular flexibility index (Phi) is 4.69. The number of carbonyl (C=O) groups is 2. The van der Waals surface area contributed by atoms with Crippen molar-refractivity contribution in [2.45, 2.75) is 63.3 Å². The molecule has 5 rings (SSSR count). The number of rotatable bonds is 1. The maximum absolute atomic E-state index is 13.1. The molecule has 0 unspecified atom stereocenters. The first-order valence-corrected chi connectivity index (χ1v) is 11.1. The van der Waals surface area contributed by atoms with E-state index >= 15 is 0 Å². The number of fused-ring (bicyclic) bond motifs is 4. The van der Waals surface area contributed by atoms with Crippen LogP contribution in [-0.2, 0) is 5.54 Å². The van der Waals surface area contributed by atoms with Gasteiger partial charge in [-0.15, -0.1) is 0 Å². The van der Waals surface area contributed by atoms with Gasteiger partial charge in [0.25, 0.3) is 5.91 Å². The van der Waals surface area contributed by atoms with Crippen molar-refractivity contribution < 1.29 is 14.0 Å². The Hall–Kier alpha value is -2.21. The summed E-state index contributed by atoms with van der Waals surface area (Å²) in [7, 11) is 0. The first-order valence-electron chi connectivity index (χ1n) is 10.7. The quantitative estimate of drug-likeness (QED) is 0.655. The summed E-state index contributed by atoms with van der Waals surface area (Å²) < 4.78 is 6.20. The van der Waals surface area contributed by atoms with Crippen LogP contribution >= 0.6 is 11.6 Å². The maximum atomic E-state index is 13.1. The van der Waals surface area contributed by atoms with Gasteiger partial charge in [0.15, 0.2) is 5.76 Å². The zero-order valence-electron chi connectivity index (χ0n) is 16.5. The van der Waals surface area contributed by atoms with E-state index in [2.05, 4.69) is 10.6 Å². The molecule has 1 saturated heterocycles. The summed E-state index contributed by atoms with van der Waals surface area (Å²) >= 11 is 6.57. The lowest BCUT2D eigenvalue weighted by Crippen LogP contribution is -2.52. The predicted molar refractivity (Wildman–Crippen MR) is 113 cm³/mol. The molecule has 2 aliphatic heterocycles. The number of urea groups is 1. The van der Waals surface area contributed by atoms with Gasteiger partial charge in [0.2, 0.25) is 0 Å². The highest BCUT2D eigenvalue weighted by atomic mass is 35.5. The van der Waals surface area contributed by atoms with E-state index in [-0.39, 0.29) is 11.9 Å². The lowest BCUT2D eigenvalue weighted by molar-refractivity contribution is 0.0731. The van der Waals surface area contributed by atoms with Crippen LogP contribution in [0, 0.1) is 0 Å². The van der Waals surface area contributed by atoms with Crippen LogP contribution in [0.4, 0.5) is 10.5 Å². The topological polar surface area (TPSA) is 74.6 Å². The van der Waals surface area contributed by atoms with E-state index in [1.165, 1.54) is 12.8 Å². The number of hydrogen-bond acceptors (Lipinski definition) is 3. The van der Waals surface area contributed by atoms with E-state index in [0.717, 1.165) is 69.0 Å². The van der Waals surface area contributed by atoms with Gasteiger partial charge in [-0.3, -0.25) is 4.79 Å². The number of hydrogen-bond donors (Lipinski definition) is 2. The van der Waals surface area contributed by atoms with Crippen LogP contribution in [0.1, 0.15) is 73.9 Å². The molecule has 2 aromatic rings. The summed E-state index contributed by atoms with van der Waals surface area (Å²) in [5.74, 6) is 0.299. The first kappa shape index (κ1) is 18.8. The number of likely N-dealkylation sites (tertiary alicyclic amines) is 1. The van der Waals surface area contributed by atoms with E-state index in [1.54, 1.807) is 6.07 Å². The molecule has 0 atom stereocenters. The molecule has 154 valence electrons. The van der Waals surface area contributed by atoms with Crippen molar-refractivity contribution in [3.8, 4) is 0 Å². The summed E-state index contributed by atoms with van der Waals surface area (Å²) in [4.78, 5) is 27.4. The van der Waals surface area contributed by atoms with Crippen molar-refractivity contribution in [1.82, 2.24) is 10.2 Å². The molecular weight excluding hydrogens is 390 g/mol. The number of anilines is 1. The number of furan rings is 1. The molecule has 1 saturated carbocycles. The van der Waals surface area contributed by atoms with Gasteiger partial charge >= 0.3 is 6.03 Å². The van der Waals surface area contributed by atoms with Crippen molar-refractivity contribution >= 4 is 40.2 Å². The van der Waals surface area contributed by atoms with Gasteiger partial charge in [-0.1, -0.05) is 43.7 Å². The van der Waals surface area contributed by atoms with Gasteiger partial charge in [-0.2, -0.15) is 0 Å². The molecule has 2 fully saturated rings. The number of benzene rings is 1. The van der Waals surface area contributed by atoms with Crippen LogP contribution in [-0.4, -0.2) is 29.9 Å². The largest absolute Gasteiger partial charge is 0.450 e. The maximum Gasteiger partial charge on any atom is 0.319 e. The Morgan fingerprint density at radius 3 is 2.45 bits per heavy atom. The first-order chi connectivity index (χ1) is 14.1. The summed E-state index contributed by atoms with van der Waals surface area (Å²) in [6, 6.07) is 3.37. The minimum absolute atomic E-state index is 0.0570. The van der Waals surface area contributed by atoms with Crippen molar-refractivity contribution in [2.24, 2.45) is 0 Å². The number of carbonyl (C=O) groups excluding carboxylic acids is 2. The van der Waals surface area contributed by atoms with Crippen molar-refractivity contribution in [1.29, 1.82) is 0 Å². The molecule has 6 nitrogen and oxygen atoms in total. The average molecular weight is 416 g/mol. The molecule has 1 aliphatic carbocycles. The molecular formula is C22H26ClN3O3. The fraction of sp³-hybridized carbons (Fsp3) is 0.545. The Morgan fingerprint density at radius 2 is 1.72 bits per heavy atom. The van der Waals surface area contributed by atoms with E-state index in [0.29, 0.717) is 22.1 Å². The minimum atomic E-state index is -0.486. The summed E-state index contributed by atoms with van der Waals surface area (Å²) in [6.45, 7) is 1.55. The van der Waals surface area contributed by atoms with E-state index < -0.39 is 5.54 Å². The third kappa shape index (κ3) is 3.18. The Morgan fingerprint density at radius 1 is 1.03 bits per heavy atom. The summed E-state index contributed by atoms with van der Waals surface area (Å²) in [5.41, 5.74) is 1.69. The highest BCUT2D eigenvalue weighted by Gasteiger charge is 2.44. The molecule has 0 bridgehead atoms. The predicted octanol–water partition coefficient (Wildman–Crippen LogP) is 5.40. The number of halogens is 1. The lowest BCUT2D eigenvalue weighted by atomic mass is 9.74. The van der Waals surface area contributed by atoms with E-state index in [4.69, 9.17) is 16.0 Å². The third-order valence-electron chi connectivity index (χ3n) is 6.64. The normalized spacial score (nSPS) is 21.4.